The van der Waals surface area contributed by atoms with E-state index >= 15 is 0 Å². The molecule has 2 N–H and O–H groups in total. The van der Waals surface area contributed by atoms with E-state index in [-0.39, 0.29) is 0 Å². The van der Waals surface area contributed by atoms with Crippen molar-refractivity contribution in [3.8, 4) is 0 Å². The van der Waals surface area contributed by atoms with Gasteiger partial charge in [-0.1, -0.05) is 0 Å². The van der Waals surface area contributed by atoms with Crippen LogP contribution < -0.4 is 10.6 Å². The molecule has 3 heterocycles. The Morgan fingerprint density at radius 3 is 2.79 bits per heavy atom. The highest BCUT2D eigenvalue weighted by Crippen LogP contribution is 2.36. The second-order valence-electron chi connectivity index (χ2n) is 5.39. The molecule has 1 atom stereocenters. The predicted octanol–water partition coefficient (Wildman–Crippen LogP) is 2.40. The lowest BCUT2D eigenvalue weighted by molar-refractivity contribution is 0.602. The van der Waals surface area contributed by atoms with Crippen LogP contribution in [0.25, 0.3) is 10.2 Å². The summed E-state index contributed by atoms with van der Waals surface area (Å²) in [5.41, 5.74) is 7.12. The maximum atomic E-state index is 5.79. The van der Waals surface area contributed by atoms with Gasteiger partial charge in [-0.3, -0.25) is 0 Å². The number of fused-ring (bicyclic) bond motifs is 1. The second kappa shape index (κ2) is 4.72. The predicted molar refractivity (Wildman–Crippen MR) is 81.0 cm³/mol. The molecule has 3 rings (SSSR count). The highest BCUT2D eigenvalue weighted by Gasteiger charge is 2.25. The molecule has 1 fully saturated rings. The Bertz CT molecular complexity index is 619. The zero-order valence-electron chi connectivity index (χ0n) is 11.7. The van der Waals surface area contributed by atoms with Gasteiger partial charge in [0, 0.05) is 18.0 Å². The number of hydrogen-bond acceptors (Lipinski definition) is 5. The minimum absolute atomic E-state index is 0.602. The van der Waals surface area contributed by atoms with E-state index in [1.54, 1.807) is 11.3 Å². The summed E-state index contributed by atoms with van der Waals surface area (Å²) in [4.78, 5) is 14.1. The maximum Gasteiger partial charge on any atom is 0.141 e. The van der Waals surface area contributed by atoms with Gasteiger partial charge in [-0.2, -0.15) is 0 Å². The van der Waals surface area contributed by atoms with E-state index < -0.39 is 0 Å². The SMILES string of the molecule is Cc1nc(N2CCC(CN)C2)c2c(C)c(C)sc2n1. The summed E-state index contributed by atoms with van der Waals surface area (Å²) in [6.45, 7) is 9.16. The normalized spacial score (nSPS) is 19.6. The molecule has 0 aromatic carbocycles. The summed E-state index contributed by atoms with van der Waals surface area (Å²) >= 11 is 1.77. The monoisotopic (exact) mass is 276 g/mol. The third kappa shape index (κ3) is 2.11. The number of thiophene rings is 1. The molecule has 2 aromatic rings. The molecule has 19 heavy (non-hydrogen) atoms. The lowest BCUT2D eigenvalue weighted by Crippen LogP contribution is -2.24. The molecule has 4 nitrogen and oxygen atoms in total. The molecule has 1 unspecified atom stereocenters. The van der Waals surface area contributed by atoms with Gasteiger partial charge < -0.3 is 10.6 Å². The van der Waals surface area contributed by atoms with Crippen LogP contribution in [-0.4, -0.2) is 29.6 Å². The molecule has 0 saturated carbocycles. The fraction of sp³-hybridized carbons (Fsp3) is 0.571. The lowest BCUT2D eigenvalue weighted by atomic mass is 10.1. The number of nitrogens with zero attached hydrogens (tertiary/aromatic N) is 3. The molecule has 1 aliphatic heterocycles. The Morgan fingerprint density at radius 2 is 2.11 bits per heavy atom. The Morgan fingerprint density at radius 1 is 1.32 bits per heavy atom. The van der Waals surface area contributed by atoms with Gasteiger partial charge in [0.25, 0.3) is 0 Å². The maximum absolute atomic E-state index is 5.79. The first-order chi connectivity index (χ1) is 9.10. The average Bonchev–Trinajstić information content (AvgIpc) is 2.95. The van der Waals surface area contributed by atoms with Crippen molar-refractivity contribution in [1.82, 2.24) is 9.97 Å². The van der Waals surface area contributed by atoms with E-state index in [0.29, 0.717) is 5.92 Å². The van der Waals surface area contributed by atoms with Crippen molar-refractivity contribution in [3.05, 3.63) is 16.3 Å². The molecule has 5 heteroatoms. The summed E-state index contributed by atoms with van der Waals surface area (Å²) < 4.78 is 0. The first kappa shape index (κ1) is 12.8. The largest absolute Gasteiger partial charge is 0.356 e. The molecule has 102 valence electrons. The van der Waals surface area contributed by atoms with E-state index in [1.807, 2.05) is 6.92 Å². The third-order valence-electron chi connectivity index (χ3n) is 4.04. The van der Waals surface area contributed by atoms with E-state index in [0.717, 1.165) is 36.1 Å². The molecule has 1 aliphatic rings. The average molecular weight is 276 g/mol. The van der Waals surface area contributed by atoms with Crippen LogP contribution in [0.5, 0.6) is 0 Å². The Hall–Kier alpha value is -1.20. The Labute approximate surface area is 117 Å². The molecule has 1 saturated heterocycles. The highest BCUT2D eigenvalue weighted by molar-refractivity contribution is 7.18. The first-order valence-corrected chi connectivity index (χ1v) is 7.61. The van der Waals surface area contributed by atoms with Gasteiger partial charge in [-0.15, -0.1) is 11.3 Å². The molecular weight excluding hydrogens is 256 g/mol. The number of aromatic nitrogens is 2. The molecule has 0 amide bonds. The molecule has 0 aliphatic carbocycles. The standard InChI is InChI=1S/C14H20N4S/c1-8-9(2)19-14-12(8)13(16-10(3)17-14)18-5-4-11(6-15)7-18/h11H,4-7,15H2,1-3H3. The van der Waals surface area contributed by atoms with Crippen LogP contribution in [0.2, 0.25) is 0 Å². The number of aryl methyl sites for hydroxylation is 3. The van der Waals surface area contributed by atoms with Crippen molar-refractivity contribution < 1.29 is 0 Å². The summed E-state index contributed by atoms with van der Waals surface area (Å²) in [7, 11) is 0. The van der Waals surface area contributed by atoms with Crippen molar-refractivity contribution in [2.45, 2.75) is 27.2 Å². The highest BCUT2D eigenvalue weighted by atomic mass is 32.1. The van der Waals surface area contributed by atoms with Crippen LogP contribution in [0.4, 0.5) is 5.82 Å². The zero-order valence-corrected chi connectivity index (χ0v) is 12.5. The lowest BCUT2D eigenvalue weighted by Gasteiger charge is -2.19. The molecule has 0 bridgehead atoms. The van der Waals surface area contributed by atoms with Crippen molar-refractivity contribution in [3.63, 3.8) is 0 Å². The van der Waals surface area contributed by atoms with Gasteiger partial charge in [0.05, 0.1) is 5.39 Å². The van der Waals surface area contributed by atoms with Gasteiger partial charge in [-0.05, 0) is 45.2 Å². The summed E-state index contributed by atoms with van der Waals surface area (Å²) in [6.07, 6.45) is 1.17. The van der Waals surface area contributed by atoms with Crippen LogP contribution in [0.15, 0.2) is 0 Å². The fourth-order valence-electron chi connectivity index (χ4n) is 2.78. The summed E-state index contributed by atoms with van der Waals surface area (Å²) in [5, 5.41) is 1.24. The van der Waals surface area contributed by atoms with Crippen LogP contribution >= 0.6 is 11.3 Å². The minimum atomic E-state index is 0.602. The molecule has 0 radical (unpaired) electrons. The van der Waals surface area contributed by atoms with Crippen LogP contribution in [-0.2, 0) is 0 Å². The number of hydrogen-bond donors (Lipinski definition) is 1. The molecular formula is C14H20N4S. The summed E-state index contributed by atoms with van der Waals surface area (Å²) in [6, 6.07) is 0. The van der Waals surface area contributed by atoms with E-state index in [9.17, 15) is 0 Å². The number of rotatable bonds is 2. The minimum Gasteiger partial charge on any atom is -0.356 e. The molecule has 2 aromatic heterocycles. The first-order valence-electron chi connectivity index (χ1n) is 6.79. The van der Waals surface area contributed by atoms with Gasteiger partial charge in [0.15, 0.2) is 0 Å². The van der Waals surface area contributed by atoms with Crippen LogP contribution in [0.1, 0.15) is 22.7 Å². The van der Waals surface area contributed by atoms with Gasteiger partial charge >= 0.3 is 0 Å². The number of anilines is 1. The smallest absolute Gasteiger partial charge is 0.141 e. The van der Waals surface area contributed by atoms with Crippen molar-refractivity contribution >= 4 is 27.4 Å². The topological polar surface area (TPSA) is 55.0 Å². The number of nitrogens with two attached hydrogens (primary N) is 1. The van der Waals surface area contributed by atoms with E-state index in [1.165, 1.54) is 22.2 Å². The Kier molecular flexibility index (Phi) is 3.19. The summed E-state index contributed by atoms with van der Waals surface area (Å²) in [5.74, 6) is 2.57. The van der Waals surface area contributed by atoms with Gasteiger partial charge in [0.1, 0.15) is 16.5 Å². The third-order valence-corrected chi connectivity index (χ3v) is 5.14. The second-order valence-corrected chi connectivity index (χ2v) is 6.60. The van der Waals surface area contributed by atoms with Crippen LogP contribution in [0, 0.1) is 26.7 Å². The Balaban J connectivity index is 2.12. The van der Waals surface area contributed by atoms with E-state index in [4.69, 9.17) is 10.7 Å². The fourth-order valence-corrected chi connectivity index (χ4v) is 3.85. The van der Waals surface area contributed by atoms with Crippen molar-refractivity contribution in [2.75, 3.05) is 24.5 Å². The van der Waals surface area contributed by atoms with Crippen molar-refractivity contribution in [1.29, 1.82) is 0 Å². The molecule has 0 spiro atoms. The van der Waals surface area contributed by atoms with Gasteiger partial charge in [0.2, 0.25) is 0 Å². The van der Waals surface area contributed by atoms with Gasteiger partial charge in [-0.25, -0.2) is 9.97 Å². The zero-order chi connectivity index (χ0) is 13.6. The van der Waals surface area contributed by atoms with Crippen LogP contribution in [0.3, 0.4) is 0 Å². The van der Waals surface area contributed by atoms with Crippen molar-refractivity contribution in [2.24, 2.45) is 11.7 Å². The quantitative estimate of drug-likeness (QED) is 0.915. The van der Waals surface area contributed by atoms with E-state index in [2.05, 4.69) is 23.7 Å².